The molecule has 1 aliphatic rings. The molecule has 3 N–H and O–H groups in total. The van der Waals surface area contributed by atoms with Gasteiger partial charge in [-0.2, -0.15) is 0 Å². The predicted octanol–water partition coefficient (Wildman–Crippen LogP) is 2.55. The van der Waals surface area contributed by atoms with Gasteiger partial charge in [0.25, 0.3) is 5.91 Å². The first kappa shape index (κ1) is 19.3. The Morgan fingerprint density at radius 2 is 2.15 bits per heavy atom. The summed E-state index contributed by atoms with van der Waals surface area (Å²) in [4.78, 5) is 27.1. The van der Waals surface area contributed by atoms with Crippen LogP contribution < -0.4 is 15.8 Å². The summed E-state index contributed by atoms with van der Waals surface area (Å²) < 4.78 is 18.7. The molecule has 0 fully saturated rings. The number of ether oxygens (including phenoxy) is 1. The number of amides is 2. The number of carbonyl (C=O) groups excluding carboxylic acids is 2. The lowest BCUT2D eigenvalue weighted by Crippen LogP contribution is -2.30. The number of halogens is 1. The SMILES string of the molecule is COc1ccc(CN(C)CC(=O)Nc2sc3c(c2C(N)=O)CCC3)cc1F. The largest absolute Gasteiger partial charge is 0.494 e. The van der Waals surface area contributed by atoms with E-state index in [1.807, 2.05) is 0 Å². The highest BCUT2D eigenvalue weighted by molar-refractivity contribution is 7.17. The van der Waals surface area contributed by atoms with Crippen LogP contribution in [0.3, 0.4) is 0 Å². The Kier molecular flexibility index (Phi) is 5.76. The molecule has 2 amide bonds. The van der Waals surface area contributed by atoms with Crippen LogP contribution in [0, 0.1) is 5.82 Å². The smallest absolute Gasteiger partial charge is 0.251 e. The number of methoxy groups -OCH3 is 1. The van der Waals surface area contributed by atoms with E-state index in [0.29, 0.717) is 17.1 Å². The summed E-state index contributed by atoms with van der Waals surface area (Å²) in [5.41, 5.74) is 7.66. The maximum Gasteiger partial charge on any atom is 0.251 e. The first-order valence-electron chi connectivity index (χ1n) is 8.64. The van der Waals surface area contributed by atoms with Gasteiger partial charge in [0.2, 0.25) is 5.91 Å². The molecule has 27 heavy (non-hydrogen) atoms. The van der Waals surface area contributed by atoms with Gasteiger partial charge < -0.3 is 15.8 Å². The zero-order valence-electron chi connectivity index (χ0n) is 15.3. The standard InChI is InChI=1S/C19H22FN3O3S/c1-23(9-11-6-7-14(26-2)13(20)8-11)10-16(24)22-19-17(18(21)25)12-4-3-5-15(12)27-19/h6-8H,3-5,9-10H2,1-2H3,(H2,21,25)(H,22,24). The van der Waals surface area contributed by atoms with Gasteiger partial charge in [-0.15, -0.1) is 11.3 Å². The highest BCUT2D eigenvalue weighted by Gasteiger charge is 2.26. The number of nitrogens with one attached hydrogen (secondary N) is 1. The van der Waals surface area contributed by atoms with Crippen molar-refractivity contribution in [3.8, 4) is 5.75 Å². The van der Waals surface area contributed by atoms with Crippen LogP contribution in [0.1, 0.15) is 32.8 Å². The molecule has 0 saturated heterocycles. The normalized spacial score (nSPS) is 12.9. The molecule has 1 aliphatic carbocycles. The molecule has 0 atom stereocenters. The summed E-state index contributed by atoms with van der Waals surface area (Å²) in [6.45, 7) is 0.506. The van der Waals surface area contributed by atoms with Gasteiger partial charge in [0, 0.05) is 11.4 Å². The van der Waals surface area contributed by atoms with Crippen LogP contribution in [0.25, 0.3) is 0 Å². The second-order valence-corrected chi connectivity index (χ2v) is 7.72. The van der Waals surface area contributed by atoms with Crippen LogP contribution in [-0.2, 0) is 24.2 Å². The van der Waals surface area contributed by atoms with Crippen LogP contribution in [-0.4, -0.2) is 37.4 Å². The topological polar surface area (TPSA) is 84.7 Å². The first-order valence-corrected chi connectivity index (χ1v) is 9.45. The Bertz CT molecular complexity index is 881. The summed E-state index contributed by atoms with van der Waals surface area (Å²) in [7, 11) is 3.18. The maximum absolute atomic E-state index is 13.8. The molecule has 0 saturated carbocycles. The molecule has 0 radical (unpaired) electrons. The van der Waals surface area contributed by atoms with Crippen molar-refractivity contribution in [1.82, 2.24) is 4.90 Å². The highest BCUT2D eigenvalue weighted by Crippen LogP contribution is 2.38. The van der Waals surface area contributed by atoms with E-state index in [1.165, 1.54) is 24.5 Å². The molecule has 0 aliphatic heterocycles. The van der Waals surface area contributed by atoms with Gasteiger partial charge in [0.05, 0.1) is 19.2 Å². The zero-order valence-corrected chi connectivity index (χ0v) is 16.1. The average Bonchev–Trinajstić information content (AvgIpc) is 3.14. The van der Waals surface area contributed by atoms with E-state index in [1.54, 1.807) is 24.1 Å². The Balaban J connectivity index is 1.63. The van der Waals surface area contributed by atoms with E-state index >= 15 is 0 Å². The van der Waals surface area contributed by atoms with Gasteiger partial charge >= 0.3 is 0 Å². The lowest BCUT2D eigenvalue weighted by molar-refractivity contribution is -0.117. The molecule has 144 valence electrons. The molecular formula is C19H22FN3O3S. The third-order valence-electron chi connectivity index (χ3n) is 4.50. The molecule has 1 aromatic carbocycles. The van der Waals surface area contributed by atoms with Crippen LogP contribution in [0.2, 0.25) is 0 Å². The Morgan fingerprint density at radius 3 is 2.81 bits per heavy atom. The van der Waals surface area contributed by atoms with Crippen molar-refractivity contribution >= 4 is 28.2 Å². The van der Waals surface area contributed by atoms with Crippen molar-refractivity contribution in [1.29, 1.82) is 0 Å². The summed E-state index contributed by atoms with van der Waals surface area (Å²) in [6, 6.07) is 4.71. The van der Waals surface area contributed by atoms with E-state index in [4.69, 9.17) is 10.5 Å². The van der Waals surface area contributed by atoms with E-state index in [2.05, 4.69) is 5.32 Å². The maximum atomic E-state index is 13.8. The summed E-state index contributed by atoms with van der Waals surface area (Å²) in [6.07, 6.45) is 2.75. The number of likely N-dealkylation sites (N-methyl/N-ethyl adjacent to an activating group) is 1. The van der Waals surface area contributed by atoms with Crippen molar-refractivity contribution in [3.05, 3.63) is 45.6 Å². The zero-order chi connectivity index (χ0) is 19.6. The Labute approximate surface area is 161 Å². The van der Waals surface area contributed by atoms with E-state index < -0.39 is 11.7 Å². The quantitative estimate of drug-likeness (QED) is 0.760. The van der Waals surface area contributed by atoms with Gasteiger partial charge in [0.1, 0.15) is 5.00 Å². The van der Waals surface area contributed by atoms with Crippen LogP contribution in [0.4, 0.5) is 9.39 Å². The van der Waals surface area contributed by atoms with E-state index in [-0.39, 0.29) is 18.2 Å². The second-order valence-electron chi connectivity index (χ2n) is 6.62. The third-order valence-corrected chi connectivity index (χ3v) is 5.71. The number of rotatable bonds is 7. The number of carbonyl (C=O) groups is 2. The van der Waals surface area contributed by atoms with Crippen LogP contribution in [0.5, 0.6) is 5.75 Å². The van der Waals surface area contributed by atoms with E-state index in [9.17, 15) is 14.0 Å². The second kappa shape index (κ2) is 8.06. The molecule has 2 aromatic rings. The lowest BCUT2D eigenvalue weighted by Gasteiger charge is -2.17. The fraction of sp³-hybridized carbons (Fsp3) is 0.368. The minimum atomic E-state index is -0.508. The predicted molar refractivity (Wildman–Crippen MR) is 103 cm³/mol. The summed E-state index contributed by atoms with van der Waals surface area (Å²) >= 11 is 1.43. The monoisotopic (exact) mass is 391 g/mol. The van der Waals surface area contributed by atoms with Gasteiger partial charge in [-0.25, -0.2) is 4.39 Å². The number of thiophene rings is 1. The van der Waals surface area contributed by atoms with Crippen molar-refractivity contribution in [2.75, 3.05) is 26.0 Å². The van der Waals surface area contributed by atoms with Crippen molar-refractivity contribution < 1.29 is 18.7 Å². The molecule has 1 heterocycles. The molecule has 0 spiro atoms. The van der Waals surface area contributed by atoms with E-state index in [0.717, 1.165) is 35.3 Å². The molecule has 0 unspecified atom stereocenters. The Morgan fingerprint density at radius 1 is 1.37 bits per heavy atom. The van der Waals surface area contributed by atoms with Crippen LogP contribution in [0.15, 0.2) is 18.2 Å². The first-order chi connectivity index (χ1) is 12.9. The number of anilines is 1. The summed E-state index contributed by atoms with van der Waals surface area (Å²) in [5.74, 6) is -1.00. The number of hydrogen-bond acceptors (Lipinski definition) is 5. The van der Waals surface area contributed by atoms with Crippen LogP contribution >= 0.6 is 11.3 Å². The number of nitrogens with two attached hydrogens (primary N) is 1. The van der Waals surface area contributed by atoms with Crippen molar-refractivity contribution in [2.24, 2.45) is 5.73 Å². The van der Waals surface area contributed by atoms with Gasteiger partial charge in [-0.05, 0) is 49.6 Å². The lowest BCUT2D eigenvalue weighted by atomic mass is 10.1. The summed E-state index contributed by atoms with van der Waals surface area (Å²) in [5, 5.41) is 3.34. The molecule has 0 bridgehead atoms. The average molecular weight is 391 g/mol. The molecule has 3 rings (SSSR count). The minimum absolute atomic E-state index is 0.106. The fourth-order valence-corrected chi connectivity index (χ4v) is 4.65. The molecule has 6 nitrogen and oxygen atoms in total. The van der Waals surface area contributed by atoms with Crippen molar-refractivity contribution in [3.63, 3.8) is 0 Å². The van der Waals surface area contributed by atoms with Gasteiger partial charge in [-0.1, -0.05) is 6.07 Å². The molecule has 8 heteroatoms. The highest BCUT2D eigenvalue weighted by atomic mass is 32.1. The fourth-order valence-electron chi connectivity index (χ4n) is 3.34. The third kappa shape index (κ3) is 4.28. The number of benzene rings is 1. The van der Waals surface area contributed by atoms with Gasteiger partial charge in [-0.3, -0.25) is 14.5 Å². The number of nitrogens with zero attached hydrogens (tertiary/aromatic N) is 1. The molecular weight excluding hydrogens is 369 g/mol. The Hall–Kier alpha value is -2.45. The number of fused-ring (bicyclic) bond motifs is 1. The minimum Gasteiger partial charge on any atom is -0.494 e. The number of aryl methyl sites for hydroxylation is 1. The number of hydrogen-bond donors (Lipinski definition) is 2. The molecule has 1 aromatic heterocycles. The number of primary amides is 1. The van der Waals surface area contributed by atoms with Crippen molar-refractivity contribution in [2.45, 2.75) is 25.8 Å². The van der Waals surface area contributed by atoms with Gasteiger partial charge in [0.15, 0.2) is 11.6 Å².